The second kappa shape index (κ2) is 4.63. The van der Waals surface area contributed by atoms with Crippen LogP contribution in [0.25, 0.3) is 0 Å². The zero-order valence-corrected chi connectivity index (χ0v) is 9.10. The van der Waals surface area contributed by atoms with Crippen LogP contribution in [0.1, 0.15) is 18.6 Å². The van der Waals surface area contributed by atoms with Crippen molar-refractivity contribution in [1.29, 1.82) is 0 Å². The number of carbonyl (C=O) groups is 1. The maximum atomic E-state index is 11.7. The average Bonchev–Trinajstić information content (AvgIpc) is 2.87. The fourth-order valence-electron chi connectivity index (χ4n) is 1.70. The summed E-state index contributed by atoms with van der Waals surface area (Å²) in [5, 5.41) is 6.32. The van der Waals surface area contributed by atoms with Crippen molar-refractivity contribution in [3.8, 4) is 0 Å². The van der Waals surface area contributed by atoms with Gasteiger partial charge in [-0.25, -0.2) is 0 Å². The van der Waals surface area contributed by atoms with Crippen LogP contribution < -0.4 is 11.1 Å². The molecule has 2 heterocycles. The first kappa shape index (κ1) is 11.1. The number of nitrogens with zero attached hydrogens (tertiary/aromatic N) is 1. The minimum absolute atomic E-state index is 0.00482. The van der Waals surface area contributed by atoms with Gasteiger partial charge in [0, 0.05) is 12.6 Å². The Balaban J connectivity index is 1.89. The van der Waals surface area contributed by atoms with Crippen molar-refractivity contribution in [2.45, 2.75) is 32.0 Å². The van der Waals surface area contributed by atoms with Gasteiger partial charge in [0.15, 0.2) is 5.82 Å². The van der Waals surface area contributed by atoms with E-state index in [-0.39, 0.29) is 12.0 Å². The van der Waals surface area contributed by atoms with Crippen molar-refractivity contribution in [2.75, 3.05) is 11.9 Å². The summed E-state index contributed by atoms with van der Waals surface area (Å²) in [5.74, 6) is 0.883. The molecule has 16 heavy (non-hydrogen) atoms. The number of nitrogens with one attached hydrogen (secondary N) is 1. The SMILES string of the molecule is Cc1cc(NC(=O)C2CCC(CN)O2)no1. The van der Waals surface area contributed by atoms with E-state index in [1.165, 1.54) is 0 Å². The Morgan fingerprint density at radius 1 is 1.69 bits per heavy atom. The first-order chi connectivity index (χ1) is 7.69. The molecule has 1 aromatic rings. The van der Waals surface area contributed by atoms with Gasteiger partial charge in [0.05, 0.1) is 6.10 Å². The summed E-state index contributed by atoms with van der Waals surface area (Å²) in [5.41, 5.74) is 5.47. The van der Waals surface area contributed by atoms with E-state index >= 15 is 0 Å². The van der Waals surface area contributed by atoms with E-state index in [4.69, 9.17) is 15.0 Å². The summed E-state index contributed by atoms with van der Waals surface area (Å²) in [6.07, 6.45) is 1.09. The first-order valence-corrected chi connectivity index (χ1v) is 5.28. The first-order valence-electron chi connectivity index (χ1n) is 5.28. The van der Waals surface area contributed by atoms with Crippen LogP contribution in [0.5, 0.6) is 0 Å². The monoisotopic (exact) mass is 225 g/mol. The van der Waals surface area contributed by atoms with Crippen LogP contribution in [0.3, 0.4) is 0 Å². The molecule has 6 nitrogen and oxygen atoms in total. The van der Waals surface area contributed by atoms with Crippen LogP contribution in [0.4, 0.5) is 5.82 Å². The minimum atomic E-state index is -0.425. The number of amides is 1. The molecule has 88 valence electrons. The van der Waals surface area contributed by atoms with Gasteiger partial charge in [0.2, 0.25) is 0 Å². The summed E-state index contributed by atoms with van der Waals surface area (Å²) in [4.78, 5) is 11.7. The van der Waals surface area contributed by atoms with E-state index in [0.29, 0.717) is 24.5 Å². The number of hydrogen-bond acceptors (Lipinski definition) is 5. The molecule has 0 aliphatic carbocycles. The average molecular weight is 225 g/mol. The van der Waals surface area contributed by atoms with Gasteiger partial charge >= 0.3 is 0 Å². The largest absolute Gasteiger partial charge is 0.364 e. The van der Waals surface area contributed by atoms with Crippen LogP contribution in [0.15, 0.2) is 10.6 Å². The molecule has 2 unspecified atom stereocenters. The van der Waals surface area contributed by atoms with Crippen LogP contribution in [-0.4, -0.2) is 29.8 Å². The summed E-state index contributed by atoms with van der Waals surface area (Å²) in [6, 6.07) is 1.66. The van der Waals surface area contributed by atoms with Gasteiger partial charge in [-0.1, -0.05) is 5.16 Å². The number of ether oxygens (including phenoxy) is 1. The fraction of sp³-hybridized carbons (Fsp3) is 0.600. The lowest BCUT2D eigenvalue weighted by Crippen LogP contribution is -2.29. The highest BCUT2D eigenvalue weighted by atomic mass is 16.5. The maximum Gasteiger partial charge on any atom is 0.254 e. The molecule has 0 bridgehead atoms. The number of aryl methyl sites for hydroxylation is 1. The summed E-state index contributed by atoms with van der Waals surface area (Å²) >= 11 is 0. The van der Waals surface area contributed by atoms with Crippen LogP contribution >= 0.6 is 0 Å². The third-order valence-electron chi connectivity index (χ3n) is 2.54. The lowest BCUT2D eigenvalue weighted by molar-refractivity contribution is -0.126. The highest BCUT2D eigenvalue weighted by molar-refractivity contribution is 5.93. The lowest BCUT2D eigenvalue weighted by Gasteiger charge is -2.10. The van der Waals surface area contributed by atoms with E-state index in [1.54, 1.807) is 13.0 Å². The second-order valence-corrected chi connectivity index (χ2v) is 3.87. The van der Waals surface area contributed by atoms with Crippen molar-refractivity contribution in [3.05, 3.63) is 11.8 Å². The molecule has 1 saturated heterocycles. The van der Waals surface area contributed by atoms with E-state index in [2.05, 4.69) is 10.5 Å². The fourth-order valence-corrected chi connectivity index (χ4v) is 1.70. The molecule has 6 heteroatoms. The molecule has 2 rings (SSSR count). The number of hydrogen-bond donors (Lipinski definition) is 2. The van der Waals surface area contributed by atoms with E-state index < -0.39 is 6.10 Å². The molecule has 1 fully saturated rings. The zero-order chi connectivity index (χ0) is 11.5. The van der Waals surface area contributed by atoms with Gasteiger partial charge in [-0.05, 0) is 19.8 Å². The van der Waals surface area contributed by atoms with Crippen LogP contribution in [0.2, 0.25) is 0 Å². The quantitative estimate of drug-likeness (QED) is 0.778. The summed E-state index contributed by atoms with van der Waals surface area (Å²) in [6.45, 7) is 2.21. The molecule has 0 aromatic carbocycles. The summed E-state index contributed by atoms with van der Waals surface area (Å²) in [7, 11) is 0. The van der Waals surface area contributed by atoms with Gasteiger partial charge < -0.3 is 20.3 Å². The molecule has 3 N–H and O–H groups in total. The van der Waals surface area contributed by atoms with Gasteiger partial charge in [-0.3, -0.25) is 4.79 Å². The number of nitrogens with two attached hydrogens (primary N) is 1. The molecule has 0 saturated carbocycles. The predicted octanol–water partition coefficient (Wildman–Crippen LogP) is 0.428. The Labute approximate surface area is 93.1 Å². The standard InChI is InChI=1S/C10H15N3O3/c1-6-4-9(13-16-6)12-10(14)8-3-2-7(5-11)15-8/h4,7-8H,2-3,5,11H2,1H3,(H,12,13,14). The highest BCUT2D eigenvalue weighted by Gasteiger charge is 2.30. The van der Waals surface area contributed by atoms with E-state index in [1.807, 2.05) is 0 Å². The molecule has 1 amide bonds. The third kappa shape index (κ3) is 2.40. The second-order valence-electron chi connectivity index (χ2n) is 3.87. The number of aromatic nitrogens is 1. The van der Waals surface area contributed by atoms with Crippen molar-refractivity contribution in [3.63, 3.8) is 0 Å². The molecular formula is C10H15N3O3. The van der Waals surface area contributed by atoms with Gasteiger partial charge in [0.1, 0.15) is 11.9 Å². The molecule has 1 aliphatic heterocycles. The maximum absolute atomic E-state index is 11.7. The topological polar surface area (TPSA) is 90.4 Å². The van der Waals surface area contributed by atoms with E-state index in [0.717, 1.165) is 6.42 Å². The van der Waals surface area contributed by atoms with E-state index in [9.17, 15) is 4.79 Å². The van der Waals surface area contributed by atoms with Crippen molar-refractivity contribution in [1.82, 2.24) is 5.16 Å². The van der Waals surface area contributed by atoms with Crippen molar-refractivity contribution < 1.29 is 14.1 Å². The summed E-state index contributed by atoms with van der Waals surface area (Å²) < 4.78 is 10.3. The lowest BCUT2D eigenvalue weighted by atomic mass is 10.2. The Morgan fingerprint density at radius 3 is 3.06 bits per heavy atom. The number of rotatable bonds is 3. The van der Waals surface area contributed by atoms with Gasteiger partial charge in [0.25, 0.3) is 5.91 Å². The van der Waals surface area contributed by atoms with Crippen LogP contribution in [-0.2, 0) is 9.53 Å². The Morgan fingerprint density at radius 2 is 2.50 bits per heavy atom. The molecular weight excluding hydrogens is 210 g/mol. The van der Waals surface area contributed by atoms with Crippen molar-refractivity contribution in [2.24, 2.45) is 5.73 Å². The normalized spacial score (nSPS) is 24.6. The Bertz CT molecular complexity index is 377. The third-order valence-corrected chi connectivity index (χ3v) is 2.54. The van der Waals surface area contributed by atoms with Gasteiger partial charge in [-0.15, -0.1) is 0 Å². The molecule has 1 aliphatic rings. The Hall–Kier alpha value is -1.40. The zero-order valence-electron chi connectivity index (χ0n) is 9.10. The Kier molecular flexibility index (Phi) is 3.21. The molecule has 1 aromatic heterocycles. The smallest absolute Gasteiger partial charge is 0.254 e. The number of anilines is 1. The highest BCUT2D eigenvalue weighted by Crippen LogP contribution is 2.20. The minimum Gasteiger partial charge on any atom is -0.364 e. The van der Waals surface area contributed by atoms with Crippen molar-refractivity contribution >= 4 is 11.7 Å². The molecule has 0 radical (unpaired) electrons. The predicted molar refractivity (Wildman–Crippen MR) is 56.8 cm³/mol. The van der Waals surface area contributed by atoms with Gasteiger partial charge in [-0.2, -0.15) is 0 Å². The van der Waals surface area contributed by atoms with Crippen LogP contribution in [0, 0.1) is 6.92 Å². The molecule has 0 spiro atoms. The molecule has 2 atom stereocenters. The number of carbonyl (C=O) groups excluding carboxylic acids is 1.